The Bertz CT molecular complexity index is 313. The second-order valence-corrected chi connectivity index (χ2v) is 4.94. The highest BCUT2D eigenvalue weighted by molar-refractivity contribution is 4.93. The topological polar surface area (TPSA) is 29.9 Å². The van der Waals surface area contributed by atoms with Gasteiger partial charge in [-0.05, 0) is 31.2 Å². The minimum atomic E-state index is 0.432. The number of nitrogens with one attached hydrogen (secondary N) is 1. The van der Waals surface area contributed by atoms with Crippen molar-refractivity contribution in [3.63, 3.8) is 0 Å². The molecule has 0 radical (unpaired) electrons. The predicted molar refractivity (Wildman–Crippen MR) is 73.1 cm³/mol. The monoisotopic (exact) mass is 237 g/mol. The van der Waals surface area contributed by atoms with Crippen LogP contribution >= 0.6 is 0 Å². The van der Waals surface area contributed by atoms with Gasteiger partial charge in [-0.25, -0.2) is 4.98 Å². The lowest BCUT2D eigenvalue weighted by Gasteiger charge is -2.32. The predicted octanol–water partition coefficient (Wildman–Crippen LogP) is 2.77. The van der Waals surface area contributed by atoms with Gasteiger partial charge >= 0.3 is 0 Å². The van der Waals surface area contributed by atoms with E-state index in [1.165, 1.54) is 25.1 Å². The van der Waals surface area contributed by atoms with E-state index in [0.29, 0.717) is 5.41 Å². The van der Waals surface area contributed by atoms with E-state index in [9.17, 15) is 0 Å². The molecule has 1 N–H and O–H groups in total. The molecule has 0 atom stereocenters. The van der Waals surface area contributed by atoms with E-state index in [-0.39, 0.29) is 0 Å². The average molecular weight is 237 g/mol. The number of hydrogen-bond donors (Lipinski definition) is 1. The Morgan fingerprint density at radius 3 is 2.47 bits per heavy atom. The van der Waals surface area contributed by atoms with E-state index in [1.807, 2.05) is 12.4 Å². The highest BCUT2D eigenvalue weighted by atomic mass is 15.0. The van der Waals surface area contributed by atoms with E-state index in [0.717, 1.165) is 19.5 Å². The lowest BCUT2D eigenvalue weighted by molar-refractivity contribution is 0.228. The van der Waals surface area contributed by atoms with Gasteiger partial charge in [-0.3, -0.25) is 0 Å². The number of rotatable bonds is 8. The number of nitrogens with zero attached hydrogens (tertiary/aromatic N) is 2. The summed E-state index contributed by atoms with van der Waals surface area (Å²) < 4.78 is 2.13. The maximum absolute atomic E-state index is 4.41. The highest BCUT2D eigenvalue weighted by Gasteiger charge is 2.25. The van der Waals surface area contributed by atoms with Gasteiger partial charge in [0.1, 0.15) is 5.82 Å². The van der Waals surface area contributed by atoms with Gasteiger partial charge in [-0.2, -0.15) is 0 Å². The molecule has 1 aromatic rings. The number of aryl methyl sites for hydroxylation is 2. The van der Waals surface area contributed by atoms with Gasteiger partial charge in [0.15, 0.2) is 0 Å². The average Bonchev–Trinajstić information content (AvgIpc) is 2.76. The molecule has 0 aliphatic carbocycles. The van der Waals surface area contributed by atoms with Crippen molar-refractivity contribution in [3.8, 4) is 0 Å². The van der Waals surface area contributed by atoms with Crippen molar-refractivity contribution in [3.05, 3.63) is 18.2 Å². The normalized spacial score (nSPS) is 12.0. The molecule has 0 aromatic carbocycles. The lowest BCUT2D eigenvalue weighted by atomic mass is 9.78. The maximum Gasteiger partial charge on any atom is 0.108 e. The third-order valence-electron chi connectivity index (χ3n) is 4.05. The maximum atomic E-state index is 4.41. The molecule has 1 heterocycles. The second kappa shape index (κ2) is 6.80. The second-order valence-electron chi connectivity index (χ2n) is 4.94. The van der Waals surface area contributed by atoms with Crippen LogP contribution in [0.3, 0.4) is 0 Å². The first-order valence-electron chi connectivity index (χ1n) is 6.84. The summed E-state index contributed by atoms with van der Waals surface area (Å²) in [6.07, 6.45) is 8.69. The van der Waals surface area contributed by atoms with Crippen LogP contribution in [-0.2, 0) is 13.5 Å². The van der Waals surface area contributed by atoms with E-state index in [2.05, 4.69) is 42.7 Å². The Morgan fingerprint density at radius 2 is 2.00 bits per heavy atom. The van der Waals surface area contributed by atoms with Gasteiger partial charge < -0.3 is 9.88 Å². The Kier molecular flexibility index (Phi) is 5.69. The van der Waals surface area contributed by atoms with Crippen LogP contribution in [-0.4, -0.2) is 22.6 Å². The third-order valence-corrected chi connectivity index (χ3v) is 4.05. The Balaban J connectivity index is 2.57. The fourth-order valence-corrected chi connectivity index (χ4v) is 2.35. The summed E-state index contributed by atoms with van der Waals surface area (Å²) in [6.45, 7) is 8.97. The molecular weight excluding hydrogens is 210 g/mol. The van der Waals surface area contributed by atoms with Gasteiger partial charge in [0, 0.05) is 32.4 Å². The summed E-state index contributed by atoms with van der Waals surface area (Å²) in [5, 5.41) is 3.51. The minimum Gasteiger partial charge on any atom is -0.338 e. The zero-order valence-electron chi connectivity index (χ0n) is 11.8. The third kappa shape index (κ3) is 3.84. The van der Waals surface area contributed by atoms with Crippen LogP contribution in [0.1, 0.15) is 45.9 Å². The largest absolute Gasteiger partial charge is 0.338 e. The van der Waals surface area contributed by atoms with Gasteiger partial charge in [-0.1, -0.05) is 20.8 Å². The summed E-state index contributed by atoms with van der Waals surface area (Å²) >= 11 is 0. The molecule has 0 saturated carbocycles. The van der Waals surface area contributed by atoms with Crippen molar-refractivity contribution in [1.82, 2.24) is 14.9 Å². The highest BCUT2D eigenvalue weighted by Crippen LogP contribution is 2.31. The quantitative estimate of drug-likeness (QED) is 0.753. The SMILES string of the molecule is CCNCC(CC)(CC)CCc1nccn1C. The van der Waals surface area contributed by atoms with Gasteiger partial charge in [0.25, 0.3) is 0 Å². The van der Waals surface area contributed by atoms with Crippen LogP contribution in [0.25, 0.3) is 0 Å². The summed E-state index contributed by atoms with van der Waals surface area (Å²) in [5.41, 5.74) is 0.432. The van der Waals surface area contributed by atoms with E-state index < -0.39 is 0 Å². The fraction of sp³-hybridized carbons (Fsp3) is 0.786. The van der Waals surface area contributed by atoms with Gasteiger partial charge in [0.05, 0.1) is 0 Å². The molecule has 0 aliphatic rings. The molecule has 3 heteroatoms. The number of aromatic nitrogens is 2. The molecule has 1 rings (SSSR count). The van der Waals surface area contributed by atoms with Crippen molar-refractivity contribution in [2.45, 2.75) is 46.5 Å². The summed E-state index contributed by atoms with van der Waals surface area (Å²) in [6, 6.07) is 0. The standard InChI is InChI=1S/C14H27N3/c1-5-14(6-2,12-15-7-3)9-8-13-16-10-11-17(13)4/h10-11,15H,5-9,12H2,1-4H3. The van der Waals surface area contributed by atoms with Crippen molar-refractivity contribution in [2.24, 2.45) is 12.5 Å². The zero-order chi connectivity index (χ0) is 12.7. The minimum absolute atomic E-state index is 0.432. The first kappa shape index (κ1) is 14.2. The molecule has 0 spiro atoms. The molecule has 98 valence electrons. The van der Waals surface area contributed by atoms with Gasteiger partial charge in [-0.15, -0.1) is 0 Å². The van der Waals surface area contributed by atoms with Crippen LogP contribution in [0.4, 0.5) is 0 Å². The van der Waals surface area contributed by atoms with Crippen LogP contribution in [0.5, 0.6) is 0 Å². The summed E-state index contributed by atoms with van der Waals surface area (Å²) in [5.74, 6) is 1.20. The van der Waals surface area contributed by atoms with Crippen LogP contribution < -0.4 is 5.32 Å². The molecule has 0 saturated heterocycles. The first-order valence-corrected chi connectivity index (χ1v) is 6.84. The number of hydrogen-bond acceptors (Lipinski definition) is 2. The molecule has 0 aliphatic heterocycles. The summed E-state index contributed by atoms with van der Waals surface area (Å²) in [4.78, 5) is 4.41. The van der Waals surface area contributed by atoms with Gasteiger partial charge in [0.2, 0.25) is 0 Å². The Morgan fingerprint density at radius 1 is 1.29 bits per heavy atom. The molecule has 1 aromatic heterocycles. The van der Waals surface area contributed by atoms with Crippen molar-refractivity contribution >= 4 is 0 Å². The van der Waals surface area contributed by atoms with Crippen LogP contribution in [0.15, 0.2) is 12.4 Å². The molecule has 0 amide bonds. The van der Waals surface area contributed by atoms with Crippen molar-refractivity contribution in [1.29, 1.82) is 0 Å². The van der Waals surface area contributed by atoms with Crippen LogP contribution in [0, 0.1) is 5.41 Å². The lowest BCUT2D eigenvalue weighted by Crippen LogP contribution is -2.34. The van der Waals surface area contributed by atoms with Crippen molar-refractivity contribution < 1.29 is 0 Å². The van der Waals surface area contributed by atoms with E-state index >= 15 is 0 Å². The molecule has 3 nitrogen and oxygen atoms in total. The molecule has 0 fully saturated rings. The zero-order valence-corrected chi connectivity index (χ0v) is 11.8. The summed E-state index contributed by atoms with van der Waals surface area (Å²) in [7, 11) is 2.08. The van der Waals surface area contributed by atoms with Crippen LogP contribution in [0.2, 0.25) is 0 Å². The smallest absolute Gasteiger partial charge is 0.108 e. The first-order chi connectivity index (χ1) is 8.17. The molecular formula is C14H27N3. The van der Waals surface area contributed by atoms with E-state index in [1.54, 1.807) is 0 Å². The molecule has 17 heavy (non-hydrogen) atoms. The molecule has 0 bridgehead atoms. The Labute approximate surface area is 106 Å². The Hall–Kier alpha value is -0.830. The fourth-order valence-electron chi connectivity index (χ4n) is 2.35. The number of imidazole rings is 1. The van der Waals surface area contributed by atoms with Crippen molar-refractivity contribution in [2.75, 3.05) is 13.1 Å². The molecule has 0 unspecified atom stereocenters. The van der Waals surface area contributed by atoms with E-state index in [4.69, 9.17) is 0 Å².